The van der Waals surface area contributed by atoms with Crippen molar-refractivity contribution in [1.29, 1.82) is 5.26 Å². The number of piperidine rings is 1. The van der Waals surface area contributed by atoms with Crippen molar-refractivity contribution in [2.45, 2.75) is 69.2 Å². The molecule has 3 heterocycles. The molecule has 2 aliphatic rings. The van der Waals surface area contributed by atoms with Crippen LogP contribution in [-0.2, 0) is 11.3 Å². The van der Waals surface area contributed by atoms with Gasteiger partial charge in [0.1, 0.15) is 12.1 Å². The molecule has 1 aliphatic carbocycles. The number of carbonyl (C=O) groups is 1. The molecular formula is C32H36F2N6O3. The molecule has 1 aromatic carbocycles. The first-order valence-corrected chi connectivity index (χ1v) is 14.7. The van der Waals surface area contributed by atoms with Gasteiger partial charge in [-0.05, 0) is 69.6 Å². The van der Waals surface area contributed by atoms with Crippen molar-refractivity contribution in [3.05, 3.63) is 66.0 Å². The van der Waals surface area contributed by atoms with E-state index in [-0.39, 0.29) is 31.5 Å². The first kappa shape index (κ1) is 30.1. The number of pyridine rings is 1. The van der Waals surface area contributed by atoms with Gasteiger partial charge in [0, 0.05) is 36.2 Å². The van der Waals surface area contributed by atoms with Crippen molar-refractivity contribution >= 4 is 22.9 Å². The molecule has 1 atom stereocenters. The lowest BCUT2D eigenvalue weighted by atomic mass is 9.85. The number of benzene rings is 1. The molecule has 1 unspecified atom stereocenters. The zero-order valence-electron chi connectivity index (χ0n) is 24.2. The van der Waals surface area contributed by atoms with Crippen LogP contribution >= 0.6 is 0 Å². The Balaban J connectivity index is 1.37. The Labute approximate surface area is 249 Å². The summed E-state index contributed by atoms with van der Waals surface area (Å²) >= 11 is 0. The second-order valence-electron chi connectivity index (χ2n) is 11.4. The molecule has 43 heavy (non-hydrogen) atoms. The predicted octanol–water partition coefficient (Wildman–Crippen LogP) is 6.97. The number of aromatic nitrogens is 3. The standard InChI is InChI=1S/C32H36F2N6O3/c1-3-4-5-6-16-43-29-26(31(19-35)12-13-31)18-25-27(36-20-37-28(25)39-29)38-21(2)22-8-7-9-24(17-22)32(33,34)23-10-14-40(15-11-23)30(41)42/h3,7-9,17-18,20-21,23H,1,4-6,10-16H2,2H3,(H,41,42)(H,36,37,38,39). The largest absolute Gasteiger partial charge is 0.477 e. The van der Waals surface area contributed by atoms with Crippen LogP contribution < -0.4 is 10.1 Å². The van der Waals surface area contributed by atoms with Gasteiger partial charge >= 0.3 is 6.09 Å². The van der Waals surface area contributed by atoms with Gasteiger partial charge in [-0.15, -0.1) is 6.58 Å². The van der Waals surface area contributed by atoms with Crippen LogP contribution in [0.3, 0.4) is 0 Å². The monoisotopic (exact) mass is 590 g/mol. The predicted molar refractivity (Wildman–Crippen MR) is 158 cm³/mol. The molecule has 0 radical (unpaired) electrons. The number of ether oxygens (including phenoxy) is 1. The average Bonchev–Trinajstić information content (AvgIpc) is 3.82. The highest BCUT2D eigenvalue weighted by Gasteiger charge is 2.48. The Kier molecular flexibility index (Phi) is 8.76. The Hall–Kier alpha value is -4.33. The molecule has 0 spiro atoms. The molecule has 2 aromatic heterocycles. The van der Waals surface area contributed by atoms with Gasteiger partial charge in [-0.2, -0.15) is 10.2 Å². The first-order valence-electron chi connectivity index (χ1n) is 14.7. The van der Waals surface area contributed by atoms with E-state index in [9.17, 15) is 10.1 Å². The van der Waals surface area contributed by atoms with Gasteiger partial charge in [-0.3, -0.25) is 0 Å². The summed E-state index contributed by atoms with van der Waals surface area (Å²) in [7, 11) is 0. The lowest BCUT2D eigenvalue weighted by molar-refractivity contribution is -0.0836. The van der Waals surface area contributed by atoms with Crippen molar-refractivity contribution < 1.29 is 23.4 Å². The van der Waals surface area contributed by atoms with Crippen molar-refractivity contribution in [3.63, 3.8) is 0 Å². The fourth-order valence-electron chi connectivity index (χ4n) is 5.64. The highest BCUT2D eigenvalue weighted by Crippen LogP contribution is 2.51. The van der Waals surface area contributed by atoms with Crippen molar-refractivity contribution in [1.82, 2.24) is 19.9 Å². The van der Waals surface area contributed by atoms with Gasteiger partial charge in [0.25, 0.3) is 5.92 Å². The third-order valence-electron chi connectivity index (χ3n) is 8.51. The van der Waals surface area contributed by atoms with Gasteiger partial charge in [-0.1, -0.05) is 24.3 Å². The topological polar surface area (TPSA) is 124 Å². The van der Waals surface area contributed by atoms with E-state index in [1.54, 1.807) is 12.1 Å². The molecule has 1 saturated carbocycles. The molecule has 5 rings (SSSR count). The van der Waals surface area contributed by atoms with Crippen LogP contribution in [-0.4, -0.2) is 50.7 Å². The van der Waals surface area contributed by atoms with Crippen LogP contribution in [0.25, 0.3) is 11.0 Å². The molecule has 9 nitrogen and oxygen atoms in total. The number of nitriles is 1. The molecule has 2 N–H and O–H groups in total. The number of nitrogens with zero attached hydrogens (tertiary/aromatic N) is 5. The SMILES string of the molecule is C=CCCCCOc1nc2ncnc(NC(C)c3cccc(C(F)(F)C4CCN(C(=O)O)CC4)c3)c2cc1C1(C#N)CC1. The summed E-state index contributed by atoms with van der Waals surface area (Å²) in [5.74, 6) is -3.15. The minimum absolute atomic E-state index is 0.0940. The summed E-state index contributed by atoms with van der Waals surface area (Å²) in [6.07, 6.45) is 6.50. The Morgan fingerprint density at radius 1 is 1.30 bits per heavy atom. The maximum Gasteiger partial charge on any atom is 0.407 e. The number of rotatable bonds is 12. The number of likely N-dealkylation sites (tertiary alicyclic amines) is 1. The maximum atomic E-state index is 15.6. The number of nitrogens with one attached hydrogen (secondary N) is 1. The van der Waals surface area contributed by atoms with Gasteiger partial charge < -0.3 is 20.1 Å². The Morgan fingerprint density at radius 2 is 2.07 bits per heavy atom. The van der Waals surface area contributed by atoms with Crippen LogP contribution in [0.4, 0.5) is 19.4 Å². The fraction of sp³-hybridized carbons (Fsp3) is 0.469. The van der Waals surface area contributed by atoms with Crippen LogP contribution in [0.2, 0.25) is 0 Å². The number of hydrogen-bond acceptors (Lipinski definition) is 7. The number of carboxylic acid groups (broad SMARTS) is 1. The van der Waals surface area contributed by atoms with E-state index in [1.807, 2.05) is 19.1 Å². The van der Waals surface area contributed by atoms with Gasteiger partial charge in [0.05, 0.1) is 23.5 Å². The maximum absolute atomic E-state index is 15.6. The zero-order chi connectivity index (χ0) is 30.6. The van der Waals surface area contributed by atoms with Crippen LogP contribution in [0, 0.1) is 17.2 Å². The van der Waals surface area contributed by atoms with Gasteiger partial charge in [-0.25, -0.2) is 23.5 Å². The van der Waals surface area contributed by atoms with Gasteiger partial charge in [0.2, 0.25) is 5.88 Å². The second-order valence-corrected chi connectivity index (χ2v) is 11.4. The zero-order valence-corrected chi connectivity index (χ0v) is 24.2. The van der Waals surface area contributed by atoms with E-state index < -0.39 is 29.4 Å². The molecule has 11 heteroatoms. The summed E-state index contributed by atoms with van der Waals surface area (Å²) in [4.78, 5) is 25.8. The number of fused-ring (bicyclic) bond motifs is 1. The van der Waals surface area contributed by atoms with E-state index in [1.165, 1.54) is 23.4 Å². The summed E-state index contributed by atoms with van der Waals surface area (Å²) in [5.41, 5.74) is 1.03. The lowest BCUT2D eigenvalue weighted by Gasteiger charge is -2.35. The molecule has 1 saturated heterocycles. The van der Waals surface area contributed by atoms with Crippen LogP contribution in [0.5, 0.6) is 5.88 Å². The highest BCUT2D eigenvalue weighted by atomic mass is 19.3. The minimum atomic E-state index is -3.10. The molecule has 0 bridgehead atoms. The van der Waals surface area contributed by atoms with E-state index in [0.717, 1.165) is 19.3 Å². The van der Waals surface area contributed by atoms with Crippen molar-refractivity contribution in [2.24, 2.45) is 5.92 Å². The Morgan fingerprint density at radius 3 is 2.74 bits per heavy atom. The third-order valence-corrected chi connectivity index (χ3v) is 8.51. The number of alkyl halides is 2. The summed E-state index contributed by atoms with van der Waals surface area (Å²) in [6, 6.07) is 10.2. The normalized spacial score (nSPS) is 17.2. The van der Waals surface area contributed by atoms with Crippen LogP contribution in [0.15, 0.2) is 49.3 Å². The molecule has 226 valence electrons. The fourth-order valence-corrected chi connectivity index (χ4v) is 5.64. The van der Waals surface area contributed by atoms with Gasteiger partial charge in [0.15, 0.2) is 5.65 Å². The van der Waals surface area contributed by atoms with E-state index >= 15 is 8.78 Å². The molecule has 3 aromatic rings. The van der Waals surface area contributed by atoms with E-state index in [4.69, 9.17) is 9.84 Å². The number of allylic oxidation sites excluding steroid dienone is 1. The first-order chi connectivity index (χ1) is 20.7. The third kappa shape index (κ3) is 6.38. The smallest absolute Gasteiger partial charge is 0.407 e. The van der Waals surface area contributed by atoms with E-state index in [2.05, 4.69) is 32.9 Å². The number of halogens is 2. The Bertz CT molecular complexity index is 1530. The molecule has 1 aliphatic heterocycles. The second kappa shape index (κ2) is 12.5. The molecular weight excluding hydrogens is 554 g/mol. The number of hydrogen-bond donors (Lipinski definition) is 2. The van der Waals surface area contributed by atoms with Crippen molar-refractivity contribution in [3.8, 4) is 11.9 Å². The summed E-state index contributed by atoms with van der Waals surface area (Å²) in [5, 5.41) is 23.1. The highest BCUT2D eigenvalue weighted by molar-refractivity contribution is 5.88. The number of anilines is 1. The molecule has 1 amide bonds. The minimum Gasteiger partial charge on any atom is -0.477 e. The number of amides is 1. The van der Waals surface area contributed by atoms with Crippen LogP contribution in [0.1, 0.15) is 74.6 Å². The van der Waals surface area contributed by atoms with Crippen molar-refractivity contribution in [2.75, 3.05) is 25.0 Å². The summed E-state index contributed by atoms with van der Waals surface area (Å²) < 4.78 is 37.2. The van der Waals surface area contributed by atoms with E-state index in [0.29, 0.717) is 53.3 Å². The molecule has 2 fully saturated rings. The lowest BCUT2D eigenvalue weighted by Crippen LogP contribution is -2.41. The number of unbranched alkanes of at least 4 members (excludes halogenated alkanes) is 2. The summed E-state index contributed by atoms with van der Waals surface area (Å²) in [6.45, 7) is 6.27. The quantitative estimate of drug-likeness (QED) is 0.171. The average molecular weight is 591 g/mol.